The first-order valence-corrected chi connectivity index (χ1v) is 17.2. The number of hydrogen-bond acceptors (Lipinski definition) is 12. The van der Waals surface area contributed by atoms with Crippen molar-refractivity contribution in [2.24, 2.45) is 0 Å². The van der Waals surface area contributed by atoms with Gasteiger partial charge < -0.3 is 48.9 Å². The van der Waals surface area contributed by atoms with E-state index < -0.39 is 44.3 Å². The number of hydrogen-bond donors (Lipinski definition) is 2. The lowest BCUT2D eigenvalue weighted by molar-refractivity contribution is 0.00578. The van der Waals surface area contributed by atoms with E-state index in [1.807, 2.05) is 83.1 Å². The van der Waals surface area contributed by atoms with E-state index in [1.165, 1.54) is 14.2 Å². The molecule has 0 unspecified atom stereocenters. The first kappa shape index (κ1) is 41.8. The number of nitrogens with two attached hydrogens (primary N) is 2. The topological polar surface area (TPSA) is 160 Å². The Hall–Kier alpha value is -2.59. The van der Waals surface area contributed by atoms with Crippen molar-refractivity contribution in [2.45, 2.75) is 117 Å². The molecular formula is C34H52B3BrN2O10. The first-order chi connectivity index (χ1) is 22.7. The van der Waals surface area contributed by atoms with Crippen molar-refractivity contribution >= 4 is 65.8 Å². The molecule has 274 valence electrons. The van der Waals surface area contributed by atoms with Gasteiger partial charge in [-0.25, -0.2) is 9.59 Å². The van der Waals surface area contributed by atoms with Crippen LogP contribution in [0.4, 0.5) is 11.4 Å². The minimum absolute atomic E-state index is 0.341. The summed E-state index contributed by atoms with van der Waals surface area (Å²) in [4.78, 5) is 22.5. The molecule has 0 bridgehead atoms. The van der Waals surface area contributed by atoms with Crippen molar-refractivity contribution in [2.75, 3.05) is 25.7 Å². The number of halogens is 1. The van der Waals surface area contributed by atoms with Crippen LogP contribution in [-0.2, 0) is 37.4 Å². The summed E-state index contributed by atoms with van der Waals surface area (Å²) >= 11 is 3.24. The third-order valence-electron chi connectivity index (χ3n) is 10.2. The van der Waals surface area contributed by atoms with Gasteiger partial charge in [-0.15, -0.1) is 0 Å². The predicted octanol–water partition coefficient (Wildman–Crippen LogP) is 5.42. The largest absolute Gasteiger partial charge is 0.494 e. The Morgan fingerprint density at radius 1 is 0.560 bits per heavy atom. The number of esters is 2. The summed E-state index contributed by atoms with van der Waals surface area (Å²) in [5, 5.41) is 0. The summed E-state index contributed by atoms with van der Waals surface area (Å²) in [5.74, 6) is -0.872. The summed E-state index contributed by atoms with van der Waals surface area (Å²) in [7, 11) is 1.20. The van der Waals surface area contributed by atoms with E-state index in [0.29, 0.717) is 22.5 Å². The molecule has 5 rings (SSSR count). The van der Waals surface area contributed by atoms with Gasteiger partial charge in [0.2, 0.25) is 0 Å². The smallest absolute Gasteiger partial charge is 0.465 e. The lowest BCUT2D eigenvalue weighted by Crippen LogP contribution is -2.41. The molecule has 0 aromatic heterocycles. The average Bonchev–Trinajstić information content (AvgIpc) is 3.46. The molecule has 0 spiro atoms. The molecule has 50 heavy (non-hydrogen) atoms. The summed E-state index contributed by atoms with van der Waals surface area (Å²) in [5.41, 5.74) is 11.5. The molecular weight excluding hydrogens is 709 g/mol. The van der Waals surface area contributed by atoms with E-state index in [4.69, 9.17) is 39.4 Å². The molecule has 3 heterocycles. The molecule has 0 amide bonds. The second kappa shape index (κ2) is 14.8. The Bertz CT molecular complexity index is 1490. The van der Waals surface area contributed by atoms with Crippen LogP contribution in [0.1, 0.15) is 104 Å². The highest BCUT2D eigenvalue weighted by atomic mass is 79.9. The van der Waals surface area contributed by atoms with Crippen LogP contribution in [0.2, 0.25) is 0 Å². The quantitative estimate of drug-likeness (QED) is 0.232. The van der Waals surface area contributed by atoms with Crippen molar-refractivity contribution in [3.8, 4) is 0 Å². The number of carbonyl (C=O) groups is 2. The SMILES string of the molecule is CC1(C)OB(B2OC(C)(C)C(C)(C)O2)OC1(C)C.COC(=O)c1ccc(B2OC(C)(C)C(C)(C)O2)cc1N.COC(=O)c1ccc(Br)cc1N. The Morgan fingerprint density at radius 3 is 1.20 bits per heavy atom. The van der Waals surface area contributed by atoms with Gasteiger partial charge in [0.05, 0.1) is 59.0 Å². The molecule has 12 nitrogen and oxygen atoms in total. The zero-order valence-corrected chi connectivity index (χ0v) is 33.4. The highest BCUT2D eigenvalue weighted by molar-refractivity contribution is 9.10. The van der Waals surface area contributed by atoms with E-state index >= 15 is 0 Å². The normalized spacial score (nSPS) is 21.8. The van der Waals surface area contributed by atoms with Crippen LogP contribution in [0.15, 0.2) is 40.9 Å². The molecule has 3 aliphatic heterocycles. The molecule has 2 aromatic carbocycles. The molecule has 3 fully saturated rings. The van der Waals surface area contributed by atoms with Gasteiger partial charge in [-0.05, 0) is 119 Å². The Kier molecular flexibility index (Phi) is 12.4. The number of methoxy groups -OCH3 is 2. The number of benzene rings is 2. The van der Waals surface area contributed by atoms with Gasteiger partial charge in [0.15, 0.2) is 0 Å². The molecule has 2 aromatic rings. The molecule has 0 aliphatic carbocycles. The number of nitrogen functional groups attached to an aromatic ring is 2. The molecule has 3 aliphatic rings. The standard InChI is InChI=1S/C14H20BNO4.C12H24B2O4.C8H8BrNO2/c1-13(2)14(3,4)20-15(19-13)9-6-7-10(11(16)8-9)12(17)18-5;1-9(2)10(3,4)16-13(15-9)14-17-11(5,6)12(7,8)18-14;1-12-8(11)6-3-2-5(9)4-7(6)10/h6-8H,16H2,1-5H3;1-8H3;2-4H,10H2,1H3. The number of rotatable bonds is 4. The maximum Gasteiger partial charge on any atom is 0.494 e. The fourth-order valence-corrected chi connectivity index (χ4v) is 5.21. The highest BCUT2D eigenvalue weighted by Gasteiger charge is 2.63. The monoisotopic (exact) mass is 760 g/mol. The van der Waals surface area contributed by atoms with E-state index in [0.717, 1.165) is 9.94 Å². The van der Waals surface area contributed by atoms with Crippen molar-refractivity contribution in [3.05, 3.63) is 52.0 Å². The third kappa shape index (κ3) is 8.89. The number of anilines is 2. The lowest BCUT2D eigenvalue weighted by Gasteiger charge is -2.32. The van der Waals surface area contributed by atoms with Gasteiger partial charge >= 0.3 is 33.1 Å². The fourth-order valence-electron chi connectivity index (χ4n) is 4.83. The summed E-state index contributed by atoms with van der Waals surface area (Å²) in [6.07, 6.45) is 0. The van der Waals surface area contributed by atoms with Crippen LogP contribution >= 0.6 is 15.9 Å². The number of ether oxygens (including phenoxy) is 2. The van der Waals surface area contributed by atoms with Crippen molar-refractivity contribution in [1.82, 2.24) is 0 Å². The second-order valence-corrected chi connectivity index (χ2v) is 16.3. The van der Waals surface area contributed by atoms with Crippen LogP contribution in [-0.4, -0.2) is 80.9 Å². The highest BCUT2D eigenvalue weighted by Crippen LogP contribution is 2.43. The van der Waals surface area contributed by atoms with Crippen LogP contribution in [0, 0.1) is 0 Å². The Labute approximate surface area is 306 Å². The average molecular weight is 761 g/mol. The van der Waals surface area contributed by atoms with Gasteiger partial charge in [-0.3, -0.25) is 0 Å². The van der Waals surface area contributed by atoms with E-state index in [9.17, 15) is 9.59 Å². The van der Waals surface area contributed by atoms with Gasteiger partial charge in [0, 0.05) is 15.8 Å². The van der Waals surface area contributed by atoms with Crippen LogP contribution < -0.4 is 16.9 Å². The van der Waals surface area contributed by atoms with Gasteiger partial charge in [-0.1, -0.05) is 22.0 Å². The predicted molar refractivity (Wildman–Crippen MR) is 200 cm³/mol. The van der Waals surface area contributed by atoms with Gasteiger partial charge in [0.25, 0.3) is 0 Å². The molecule has 0 saturated carbocycles. The molecule has 0 radical (unpaired) electrons. The Balaban J connectivity index is 0.000000209. The van der Waals surface area contributed by atoms with Crippen molar-refractivity contribution < 1.29 is 47.0 Å². The maximum absolute atomic E-state index is 11.5. The number of carbonyl (C=O) groups excluding carboxylic acids is 2. The lowest BCUT2D eigenvalue weighted by atomic mass is 9.49. The van der Waals surface area contributed by atoms with Crippen LogP contribution in [0.5, 0.6) is 0 Å². The zero-order valence-electron chi connectivity index (χ0n) is 31.8. The van der Waals surface area contributed by atoms with E-state index in [-0.39, 0.29) is 22.4 Å². The van der Waals surface area contributed by atoms with Crippen molar-refractivity contribution in [1.29, 1.82) is 0 Å². The summed E-state index contributed by atoms with van der Waals surface area (Å²) < 4.78 is 45.8. The maximum atomic E-state index is 11.5. The molecule has 16 heteroatoms. The van der Waals surface area contributed by atoms with E-state index in [2.05, 4.69) is 25.4 Å². The van der Waals surface area contributed by atoms with E-state index in [1.54, 1.807) is 36.4 Å². The van der Waals surface area contributed by atoms with Crippen LogP contribution in [0.25, 0.3) is 0 Å². The zero-order chi connectivity index (χ0) is 38.3. The van der Waals surface area contributed by atoms with Gasteiger partial charge in [-0.2, -0.15) is 0 Å². The molecule has 4 N–H and O–H groups in total. The van der Waals surface area contributed by atoms with Crippen LogP contribution in [0.3, 0.4) is 0 Å². The summed E-state index contributed by atoms with van der Waals surface area (Å²) in [6, 6.07) is 10.1. The summed E-state index contributed by atoms with van der Waals surface area (Å²) in [6.45, 7) is 24.1. The minimum Gasteiger partial charge on any atom is -0.465 e. The van der Waals surface area contributed by atoms with Gasteiger partial charge in [0.1, 0.15) is 0 Å². The molecule has 3 saturated heterocycles. The van der Waals surface area contributed by atoms with Crippen molar-refractivity contribution in [3.63, 3.8) is 0 Å². The third-order valence-corrected chi connectivity index (χ3v) is 10.7. The second-order valence-electron chi connectivity index (χ2n) is 15.4. The first-order valence-electron chi connectivity index (χ1n) is 16.4. The minimum atomic E-state index is -0.492. The fraction of sp³-hybridized carbons (Fsp3) is 0.588. The Morgan fingerprint density at radius 2 is 0.880 bits per heavy atom. The molecule has 0 atom stereocenters.